The summed E-state index contributed by atoms with van der Waals surface area (Å²) in [6, 6.07) is 3.90. The smallest absolute Gasteiger partial charge is 0.151 e. The highest BCUT2D eigenvalue weighted by Gasteiger charge is 2.22. The van der Waals surface area contributed by atoms with Crippen LogP contribution in [0, 0.1) is 0 Å². The Labute approximate surface area is 136 Å². The molecule has 0 bridgehead atoms. The zero-order valence-electron chi connectivity index (χ0n) is 13.5. The summed E-state index contributed by atoms with van der Waals surface area (Å²) in [7, 11) is 0. The van der Waals surface area contributed by atoms with E-state index < -0.39 is 0 Å². The molecule has 0 saturated carbocycles. The van der Waals surface area contributed by atoms with Gasteiger partial charge >= 0.3 is 0 Å². The molecular weight excluding hydrogens is 294 g/mol. The predicted molar refractivity (Wildman–Crippen MR) is 86.1 cm³/mol. The van der Waals surface area contributed by atoms with Gasteiger partial charge < -0.3 is 9.64 Å². The van der Waals surface area contributed by atoms with Crippen molar-refractivity contribution in [3.63, 3.8) is 0 Å². The van der Waals surface area contributed by atoms with Crippen molar-refractivity contribution in [1.29, 1.82) is 0 Å². The third kappa shape index (κ3) is 4.46. The first-order valence-corrected chi connectivity index (χ1v) is 8.04. The Bertz CT molecular complexity index is 562. The molecular formula is C15H23N7O. The van der Waals surface area contributed by atoms with Gasteiger partial charge in [-0.15, -0.1) is 5.10 Å². The number of morpholine rings is 1. The molecule has 3 rings (SSSR count). The van der Waals surface area contributed by atoms with Crippen LogP contribution in [0.15, 0.2) is 31.0 Å². The molecule has 1 fully saturated rings. The van der Waals surface area contributed by atoms with Crippen LogP contribution in [0.5, 0.6) is 0 Å². The second-order valence-electron chi connectivity index (χ2n) is 5.57. The molecule has 0 amide bonds. The number of aromatic nitrogens is 5. The van der Waals surface area contributed by atoms with Gasteiger partial charge in [0.1, 0.15) is 12.7 Å². The summed E-state index contributed by atoms with van der Waals surface area (Å²) in [4.78, 5) is 8.60. The molecule has 8 nitrogen and oxygen atoms in total. The molecule has 0 aromatic carbocycles. The van der Waals surface area contributed by atoms with Crippen LogP contribution in [-0.2, 0) is 11.3 Å². The standard InChI is InChI=1S/C15H23N7O/c1-2-21(15-4-3-5-17-19-15)11-14-10-20(8-9-23-14)6-7-22-13-16-12-18-22/h3-5,12-14H,2,6-11H2,1H3. The Balaban J connectivity index is 1.51. The Morgan fingerprint density at radius 3 is 3.09 bits per heavy atom. The average molecular weight is 317 g/mol. The SMILES string of the molecule is CCN(CC1CN(CCn2cncn2)CCO1)c1cccnn1. The molecule has 8 heteroatoms. The highest BCUT2D eigenvalue weighted by molar-refractivity contribution is 5.36. The lowest BCUT2D eigenvalue weighted by molar-refractivity contribution is -0.0250. The monoisotopic (exact) mass is 317 g/mol. The maximum atomic E-state index is 5.93. The van der Waals surface area contributed by atoms with E-state index in [1.807, 2.05) is 16.8 Å². The van der Waals surface area contributed by atoms with Crippen molar-refractivity contribution >= 4 is 5.82 Å². The van der Waals surface area contributed by atoms with Gasteiger partial charge in [0, 0.05) is 38.9 Å². The lowest BCUT2D eigenvalue weighted by atomic mass is 10.2. The van der Waals surface area contributed by atoms with Crippen molar-refractivity contribution in [3.8, 4) is 0 Å². The van der Waals surface area contributed by atoms with E-state index in [1.165, 1.54) is 0 Å². The van der Waals surface area contributed by atoms with Crippen LogP contribution in [0.1, 0.15) is 6.92 Å². The molecule has 2 aromatic rings. The van der Waals surface area contributed by atoms with Crippen LogP contribution in [0.3, 0.4) is 0 Å². The van der Waals surface area contributed by atoms with Crippen molar-refractivity contribution in [2.75, 3.05) is 44.2 Å². The van der Waals surface area contributed by atoms with E-state index >= 15 is 0 Å². The van der Waals surface area contributed by atoms with Gasteiger partial charge in [-0.25, -0.2) is 4.98 Å². The van der Waals surface area contributed by atoms with E-state index in [9.17, 15) is 0 Å². The fourth-order valence-corrected chi connectivity index (χ4v) is 2.78. The van der Waals surface area contributed by atoms with Gasteiger partial charge in [-0.1, -0.05) is 0 Å². The van der Waals surface area contributed by atoms with Crippen molar-refractivity contribution in [3.05, 3.63) is 31.0 Å². The zero-order valence-corrected chi connectivity index (χ0v) is 13.5. The molecule has 1 saturated heterocycles. The summed E-state index contributed by atoms with van der Waals surface area (Å²) in [5.74, 6) is 0.901. The minimum atomic E-state index is 0.182. The number of nitrogens with zero attached hydrogens (tertiary/aromatic N) is 7. The van der Waals surface area contributed by atoms with E-state index in [1.54, 1.807) is 18.9 Å². The molecule has 0 spiro atoms. The van der Waals surface area contributed by atoms with Gasteiger partial charge in [0.25, 0.3) is 0 Å². The zero-order chi connectivity index (χ0) is 15.9. The van der Waals surface area contributed by atoms with Crippen LogP contribution < -0.4 is 4.90 Å². The predicted octanol–water partition coefficient (Wildman–Crippen LogP) is 0.295. The molecule has 23 heavy (non-hydrogen) atoms. The number of hydrogen-bond donors (Lipinski definition) is 0. The van der Waals surface area contributed by atoms with Gasteiger partial charge in [-0.3, -0.25) is 9.58 Å². The van der Waals surface area contributed by atoms with Crippen LogP contribution >= 0.6 is 0 Å². The second-order valence-corrected chi connectivity index (χ2v) is 5.57. The number of rotatable bonds is 7. The first-order valence-electron chi connectivity index (χ1n) is 8.04. The van der Waals surface area contributed by atoms with Crippen LogP contribution in [0.25, 0.3) is 0 Å². The average Bonchev–Trinajstić information content (AvgIpc) is 3.12. The lowest BCUT2D eigenvalue weighted by Crippen LogP contribution is -2.48. The first kappa shape index (κ1) is 15.8. The van der Waals surface area contributed by atoms with Gasteiger partial charge in [-0.2, -0.15) is 10.2 Å². The lowest BCUT2D eigenvalue weighted by Gasteiger charge is -2.35. The topological polar surface area (TPSA) is 72.2 Å². The normalized spacial score (nSPS) is 18.9. The Hall–Kier alpha value is -2.06. The third-order valence-corrected chi connectivity index (χ3v) is 4.02. The third-order valence-electron chi connectivity index (χ3n) is 4.02. The van der Waals surface area contributed by atoms with E-state index in [0.29, 0.717) is 0 Å². The molecule has 0 radical (unpaired) electrons. The Morgan fingerprint density at radius 2 is 2.35 bits per heavy atom. The summed E-state index contributed by atoms with van der Waals surface area (Å²) in [6.07, 6.45) is 5.20. The quantitative estimate of drug-likeness (QED) is 0.727. The molecule has 1 aliphatic rings. The minimum absolute atomic E-state index is 0.182. The Morgan fingerprint density at radius 1 is 1.39 bits per heavy atom. The second kappa shape index (κ2) is 7.98. The van der Waals surface area contributed by atoms with Gasteiger partial charge in [-0.05, 0) is 19.1 Å². The van der Waals surface area contributed by atoms with E-state index in [2.05, 4.69) is 37.0 Å². The summed E-state index contributed by atoms with van der Waals surface area (Å²) < 4.78 is 7.80. The highest BCUT2D eigenvalue weighted by atomic mass is 16.5. The number of likely N-dealkylation sites (N-methyl/N-ethyl adjacent to an activating group) is 1. The molecule has 3 heterocycles. The van der Waals surface area contributed by atoms with Crippen LogP contribution in [-0.4, -0.2) is 75.3 Å². The van der Waals surface area contributed by atoms with E-state index in [4.69, 9.17) is 4.74 Å². The van der Waals surface area contributed by atoms with Gasteiger partial charge in [0.05, 0.1) is 19.3 Å². The Kier molecular flexibility index (Phi) is 5.49. The van der Waals surface area contributed by atoms with Crippen LogP contribution in [0.2, 0.25) is 0 Å². The molecule has 2 aromatic heterocycles. The maximum Gasteiger partial charge on any atom is 0.151 e. The van der Waals surface area contributed by atoms with Crippen molar-refractivity contribution < 1.29 is 4.74 Å². The molecule has 0 N–H and O–H groups in total. The van der Waals surface area contributed by atoms with Crippen molar-refractivity contribution in [2.24, 2.45) is 0 Å². The van der Waals surface area contributed by atoms with E-state index in [-0.39, 0.29) is 6.10 Å². The molecule has 1 atom stereocenters. The number of hydrogen-bond acceptors (Lipinski definition) is 7. The summed E-state index contributed by atoms with van der Waals surface area (Å²) in [5, 5.41) is 12.3. The van der Waals surface area contributed by atoms with E-state index in [0.717, 1.165) is 51.7 Å². The molecule has 1 aliphatic heterocycles. The van der Waals surface area contributed by atoms with Gasteiger partial charge in [0.2, 0.25) is 0 Å². The van der Waals surface area contributed by atoms with Gasteiger partial charge in [0.15, 0.2) is 5.82 Å². The molecule has 1 unspecified atom stereocenters. The largest absolute Gasteiger partial charge is 0.374 e. The summed E-state index contributed by atoms with van der Waals surface area (Å²) in [5.41, 5.74) is 0. The number of ether oxygens (including phenoxy) is 1. The maximum absolute atomic E-state index is 5.93. The highest BCUT2D eigenvalue weighted by Crippen LogP contribution is 2.12. The number of anilines is 1. The van der Waals surface area contributed by atoms with Crippen molar-refractivity contribution in [1.82, 2.24) is 29.9 Å². The van der Waals surface area contributed by atoms with Crippen molar-refractivity contribution in [2.45, 2.75) is 19.6 Å². The fourth-order valence-electron chi connectivity index (χ4n) is 2.78. The molecule has 0 aliphatic carbocycles. The molecule has 124 valence electrons. The summed E-state index contributed by atoms with van der Waals surface area (Å²) in [6.45, 7) is 8.30. The van der Waals surface area contributed by atoms with Crippen LogP contribution in [0.4, 0.5) is 5.82 Å². The minimum Gasteiger partial charge on any atom is -0.374 e. The summed E-state index contributed by atoms with van der Waals surface area (Å²) >= 11 is 0. The first-order chi connectivity index (χ1) is 11.3. The fraction of sp³-hybridized carbons (Fsp3) is 0.600.